The number of pyridine rings is 1. The fourth-order valence-corrected chi connectivity index (χ4v) is 4.85. The molecule has 2 heterocycles. The van der Waals surface area contributed by atoms with Crippen LogP contribution in [0.5, 0.6) is 0 Å². The number of aromatic nitrogens is 1. The Bertz CT molecular complexity index is 1170. The number of thiophene rings is 1. The number of aryl methyl sites for hydroxylation is 2. The van der Waals surface area contributed by atoms with E-state index in [1.165, 1.54) is 26.1 Å². The standard InChI is InChI=1S/C24H20ClNOS/c1-15-10-16(2)12-19(11-15)23-24-18(6-8-26-23)14-22(28-24)21-5-4-20(25)13-17(21)7-9-27-3/h4-14H,1-3H3. The molecule has 0 amide bonds. The number of ether oxygens (including phenoxy) is 1. The Balaban J connectivity index is 1.89. The summed E-state index contributed by atoms with van der Waals surface area (Å²) in [6, 6.07) is 16.8. The summed E-state index contributed by atoms with van der Waals surface area (Å²) < 4.78 is 6.30. The van der Waals surface area contributed by atoms with Crippen LogP contribution in [-0.4, -0.2) is 12.1 Å². The minimum absolute atomic E-state index is 0.707. The van der Waals surface area contributed by atoms with Crippen LogP contribution >= 0.6 is 22.9 Å². The number of methoxy groups -OCH3 is 1. The molecule has 2 aromatic carbocycles. The Kier molecular flexibility index (Phi) is 5.21. The summed E-state index contributed by atoms with van der Waals surface area (Å²) in [5.74, 6) is 0. The first-order valence-electron chi connectivity index (χ1n) is 9.01. The Morgan fingerprint density at radius 1 is 1.00 bits per heavy atom. The summed E-state index contributed by atoms with van der Waals surface area (Å²) >= 11 is 7.97. The zero-order valence-electron chi connectivity index (χ0n) is 16.0. The van der Waals surface area contributed by atoms with Crippen molar-refractivity contribution in [2.75, 3.05) is 7.11 Å². The van der Waals surface area contributed by atoms with Gasteiger partial charge in [0, 0.05) is 21.7 Å². The second-order valence-corrected chi connectivity index (χ2v) is 8.32. The van der Waals surface area contributed by atoms with Crippen LogP contribution in [0.25, 0.3) is 37.9 Å². The molecule has 4 aromatic rings. The molecule has 0 saturated carbocycles. The molecular formula is C24H20ClNOS. The maximum Gasteiger partial charge on any atom is 0.0880 e. The SMILES string of the molecule is COC=Cc1cc(Cl)ccc1-c1cc2ccnc(-c3cc(C)cc(C)c3)c2s1. The van der Waals surface area contributed by atoms with Crippen molar-refractivity contribution < 1.29 is 4.74 Å². The van der Waals surface area contributed by atoms with E-state index in [0.29, 0.717) is 5.02 Å². The molecule has 0 unspecified atom stereocenters. The van der Waals surface area contributed by atoms with Gasteiger partial charge in [0.25, 0.3) is 0 Å². The fraction of sp³-hybridized carbons (Fsp3) is 0.125. The lowest BCUT2D eigenvalue weighted by Gasteiger charge is -2.06. The second-order valence-electron chi connectivity index (χ2n) is 6.83. The molecule has 0 aliphatic heterocycles. The van der Waals surface area contributed by atoms with Gasteiger partial charge in [0.1, 0.15) is 0 Å². The highest BCUT2D eigenvalue weighted by Gasteiger charge is 2.13. The topological polar surface area (TPSA) is 22.1 Å². The molecule has 0 aliphatic carbocycles. The second kappa shape index (κ2) is 7.78. The van der Waals surface area contributed by atoms with Crippen LogP contribution in [0.15, 0.2) is 61.0 Å². The molecule has 28 heavy (non-hydrogen) atoms. The Labute approximate surface area is 174 Å². The lowest BCUT2D eigenvalue weighted by atomic mass is 10.0. The third kappa shape index (κ3) is 3.68. The highest BCUT2D eigenvalue weighted by molar-refractivity contribution is 7.22. The monoisotopic (exact) mass is 405 g/mol. The minimum atomic E-state index is 0.707. The summed E-state index contributed by atoms with van der Waals surface area (Å²) in [5, 5.41) is 1.90. The molecule has 4 heteroatoms. The summed E-state index contributed by atoms with van der Waals surface area (Å²) in [6.07, 6.45) is 5.50. The van der Waals surface area contributed by atoms with Gasteiger partial charge < -0.3 is 4.74 Å². The summed E-state index contributed by atoms with van der Waals surface area (Å²) in [4.78, 5) is 5.89. The molecule has 140 valence electrons. The van der Waals surface area contributed by atoms with Crippen molar-refractivity contribution in [2.45, 2.75) is 13.8 Å². The predicted octanol–water partition coefficient (Wildman–Crippen LogP) is 7.52. The summed E-state index contributed by atoms with van der Waals surface area (Å²) in [5.41, 5.74) is 6.84. The van der Waals surface area contributed by atoms with Gasteiger partial charge in [-0.3, -0.25) is 4.98 Å². The maximum atomic E-state index is 6.22. The first kappa shape index (κ1) is 18.7. The van der Waals surface area contributed by atoms with Gasteiger partial charge in [-0.25, -0.2) is 0 Å². The van der Waals surface area contributed by atoms with Crippen molar-refractivity contribution in [3.8, 4) is 21.7 Å². The van der Waals surface area contributed by atoms with Gasteiger partial charge in [-0.05, 0) is 72.8 Å². The minimum Gasteiger partial charge on any atom is -0.504 e. The van der Waals surface area contributed by atoms with E-state index in [9.17, 15) is 0 Å². The summed E-state index contributed by atoms with van der Waals surface area (Å²) in [6.45, 7) is 4.25. The van der Waals surface area contributed by atoms with E-state index in [1.807, 2.05) is 24.4 Å². The van der Waals surface area contributed by atoms with Crippen molar-refractivity contribution in [1.82, 2.24) is 4.98 Å². The zero-order valence-corrected chi connectivity index (χ0v) is 17.6. The predicted molar refractivity (Wildman–Crippen MR) is 121 cm³/mol. The van der Waals surface area contributed by atoms with Crippen LogP contribution in [0.3, 0.4) is 0 Å². The molecule has 2 aromatic heterocycles. The number of hydrogen-bond acceptors (Lipinski definition) is 3. The van der Waals surface area contributed by atoms with Crippen LogP contribution in [-0.2, 0) is 4.74 Å². The molecule has 0 aliphatic rings. The Hall–Kier alpha value is -2.62. The normalized spacial score (nSPS) is 11.4. The highest BCUT2D eigenvalue weighted by Crippen LogP contribution is 2.40. The third-order valence-electron chi connectivity index (χ3n) is 4.59. The fourth-order valence-electron chi connectivity index (χ4n) is 3.45. The Morgan fingerprint density at radius 2 is 1.79 bits per heavy atom. The van der Waals surface area contributed by atoms with E-state index in [4.69, 9.17) is 21.3 Å². The highest BCUT2D eigenvalue weighted by atomic mass is 35.5. The third-order valence-corrected chi connectivity index (χ3v) is 6.02. The van der Waals surface area contributed by atoms with Gasteiger partial charge in [-0.2, -0.15) is 0 Å². The van der Waals surface area contributed by atoms with E-state index in [0.717, 1.165) is 22.4 Å². The molecule has 0 N–H and O–H groups in total. The number of fused-ring (bicyclic) bond motifs is 1. The van der Waals surface area contributed by atoms with Crippen molar-refractivity contribution in [2.24, 2.45) is 0 Å². The zero-order chi connectivity index (χ0) is 19.7. The lowest BCUT2D eigenvalue weighted by molar-refractivity contribution is 0.341. The first-order valence-corrected chi connectivity index (χ1v) is 10.2. The average molecular weight is 406 g/mol. The lowest BCUT2D eigenvalue weighted by Crippen LogP contribution is -1.86. The van der Waals surface area contributed by atoms with E-state index in [-0.39, 0.29) is 0 Å². The molecule has 0 fully saturated rings. The van der Waals surface area contributed by atoms with Gasteiger partial charge in [0.2, 0.25) is 0 Å². The molecule has 0 atom stereocenters. The molecule has 0 spiro atoms. The van der Waals surface area contributed by atoms with Crippen LogP contribution in [0, 0.1) is 13.8 Å². The number of benzene rings is 2. The number of halogens is 1. The quantitative estimate of drug-likeness (QED) is 0.327. The molecule has 0 saturated heterocycles. The van der Waals surface area contributed by atoms with Gasteiger partial charge >= 0.3 is 0 Å². The van der Waals surface area contributed by atoms with Crippen molar-refractivity contribution in [1.29, 1.82) is 0 Å². The Morgan fingerprint density at radius 3 is 2.54 bits per heavy atom. The van der Waals surface area contributed by atoms with Crippen LogP contribution in [0.2, 0.25) is 5.02 Å². The smallest absolute Gasteiger partial charge is 0.0880 e. The molecule has 2 nitrogen and oxygen atoms in total. The molecule has 0 radical (unpaired) electrons. The van der Waals surface area contributed by atoms with Crippen molar-refractivity contribution >= 4 is 39.1 Å². The van der Waals surface area contributed by atoms with E-state index >= 15 is 0 Å². The molecule has 0 bridgehead atoms. The van der Waals surface area contributed by atoms with Gasteiger partial charge in [-0.15, -0.1) is 11.3 Å². The van der Waals surface area contributed by atoms with Crippen LogP contribution in [0.1, 0.15) is 16.7 Å². The maximum absolute atomic E-state index is 6.22. The van der Waals surface area contributed by atoms with Crippen molar-refractivity contribution in [3.05, 3.63) is 82.7 Å². The van der Waals surface area contributed by atoms with Crippen LogP contribution in [0.4, 0.5) is 0 Å². The number of hydrogen-bond donors (Lipinski definition) is 0. The van der Waals surface area contributed by atoms with Crippen molar-refractivity contribution in [3.63, 3.8) is 0 Å². The van der Waals surface area contributed by atoms with E-state index < -0.39 is 0 Å². The summed E-state index contributed by atoms with van der Waals surface area (Å²) in [7, 11) is 1.64. The number of nitrogens with zero attached hydrogens (tertiary/aromatic N) is 1. The number of rotatable bonds is 4. The van der Waals surface area contributed by atoms with E-state index in [1.54, 1.807) is 24.7 Å². The van der Waals surface area contributed by atoms with Gasteiger partial charge in [-0.1, -0.05) is 34.9 Å². The molecule has 4 rings (SSSR count). The van der Waals surface area contributed by atoms with Gasteiger partial charge in [0.15, 0.2) is 0 Å². The molecular weight excluding hydrogens is 386 g/mol. The first-order chi connectivity index (χ1) is 13.5. The van der Waals surface area contributed by atoms with Crippen LogP contribution < -0.4 is 0 Å². The average Bonchev–Trinajstić information content (AvgIpc) is 3.09. The largest absolute Gasteiger partial charge is 0.504 e. The van der Waals surface area contributed by atoms with Gasteiger partial charge in [0.05, 0.1) is 23.8 Å². The van der Waals surface area contributed by atoms with E-state index in [2.05, 4.69) is 50.2 Å².